The summed E-state index contributed by atoms with van der Waals surface area (Å²) in [5.41, 5.74) is 2.58. The van der Waals surface area contributed by atoms with E-state index in [4.69, 9.17) is 9.47 Å². The molecule has 8 heteroatoms. The number of nitrogens with one attached hydrogen (secondary N) is 1. The van der Waals surface area contributed by atoms with E-state index in [0.717, 1.165) is 15.4 Å². The lowest BCUT2D eigenvalue weighted by Crippen LogP contribution is -2.38. The summed E-state index contributed by atoms with van der Waals surface area (Å²) in [7, 11) is -1.20. The van der Waals surface area contributed by atoms with Crippen LogP contribution in [0.2, 0.25) is 0 Å². The number of aryl methyl sites for hydroxylation is 2. The zero-order chi connectivity index (χ0) is 23.3. The van der Waals surface area contributed by atoms with E-state index >= 15 is 0 Å². The molecule has 0 aromatic heterocycles. The number of amides is 1. The molecule has 0 radical (unpaired) electrons. The molecule has 1 amide bonds. The van der Waals surface area contributed by atoms with Gasteiger partial charge in [-0.15, -0.1) is 0 Å². The molecular formula is C24H26N2O5S. The van der Waals surface area contributed by atoms with Gasteiger partial charge in [0.2, 0.25) is 5.91 Å². The number of carbonyl (C=O) groups is 1. The highest BCUT2D eigenvalue weighted by atomic mass is 32.2. The molecule has 0 aliphatic carbocycles. The van der Waals surface area contributed by atoms with Gasteiger partial charge in [0.05, 0.1) is 19.9 Å². The number of para-hydroxylation sites is 1. The van der Waals surface area contributed by atoms with Gasteiger partial charge in [0.1, 0.15) is 22.9 Å². The number of benzene rings is 3. The summed E-state index contributed by atoms with van der Waals surface area (Å²) >= 11 is 0. The molecule has 0 atom stereocenters. The normalized spacial score (nSPS) is 11.0. The molecule has 32 heavy (non-hydrogen) atoms. The molecule has 0 spiro atoms. The summed E-state index contributed by atoms with van der Waals surface area (Å²) in [6, 6.07) is 18.7. The van der Waals surface area contributed by atoms with Crippen molar-refractivity contribution in [2.45, 2.75) is 18.7 Å². The third kappa shape index (κ3) is 5.03. The molecule has 3 rings (SSSR count). The second-order valence-corrected chi connectivity index (χ2v) is 9.06. The first-order valence-electron chi connectivity index (χ1n) is 9.93. The van der Waals surface area contributed by atoms with Crippen LogP contribution in [0.3, 0.4) is 0 Å². The minimum Gasteiger partial charge on any atom is -0.497 e. The van der Waals surface area contributed by atoms with Crippen molar-refractivity contribution in [3.63, 3.8) is 0 Å². The Morgan fingerprint density at radius 3 is 2.25 bits per heavy atom. The molecule has 168 valence electrons. The molecule has 7 nitrogen and oxygen atoms in total. The van der Waals surface area contributed by atoms with Crippen LogP contribution >= 0.6 is 0 Å². The van der Waals surface area contributed by atoms with Gasteiger partial charge in [-0.2, -0.15) is 0 Å². The number of nitrogens with zero attached hydrogens (tertiary/aromatic N) is 1. The maximum Gasteiger partial charge on any atom is 0.268 e. The summed E-state index contributed by atoms with van der Waals surface area (Å²) < 4.78 is 39.0. The third-order valence-corrected chi connectivity index (χ3v) is 6.75. The Kier molecular flexibility index (Phi) is 7.05. The van der Waals surface area contributed by atoms with Crippen LogP contribution < -0.4 is 19.1 Å². The highest BCUT2D eigenvalue weighted by molar-refractivity contribution is 7.93. The number of anilines is 2. The van der Waals surface area contributed by atoms with Crippen LogP contribution in [-0.2, 0) is 14.8 Å². The number of ether oxygens (including phenoxy) is 2. The number of sulfonamides is 1. The van der Waals surface area contributed by atoms with Crippen LogP contribution in [0.4, 0.5) is 11.4 Å². The van der Waals surface area contributed by atoms with Crippen molar-refractivity contribution in [1.82, 2.24) is 0 Å². The van der Waals surface area contributed by atoms with Gasteiger partial charge in [0, 0.05) is 5.69 Å². The van der Waals surface area contributed by atoms with Crippen LogP contribution in [0.25, 0.3) is 0 Å². The van der Waals surface area contributed by atoms with Crippen molar-refractivity contribution in [1.29, 1.82) is 0 Å². The van der Waals surface area contributed by atoms with Crippen molar-refractivity contribution < 1.29 is 22.7 Å². The summed E-state index contributed by atoms with van der Waals surface area (Å²) in [5.74, 6) is 0.308. The molecule has 0 saturated heterocycles. The molecule has 0 aliphatic heterocycles. The number of hydrogen-bond donors (Lipinski definition) is 1. The van der Waals surface area contributed by atoms with Crippen LogP contribution in [0.1, 0.15) is 11.1 Å². The molecule has 0 aliphatic rings. The van der Waals surface area contributed by atoms with E-state index in [1.807, 2.05) is 19.1 Å². The summed E-state index contributed by atoms with van der Waals surface area (Å²) in [6.45, 7) is 3.24. The average molecular weight is 455 g/mol. The van der Waals surface area contributed by atoms with Gasteiger partial charge >= 0.3 is 0 Å². The van der Waals surface area contributed by atoms with Crippen LogP contribution in [-0.4, -0.2) is 35.1 Å². The first-order valence-corrected chi connectivity index (χ1v) is 11.4. The van der Waals surface area contributed by atoms with Crippen LogP contribution in [0, 0.1) is 13.8 Å². The maximum atomic E-state index is 13.7. The fourth-order valence-corrected chi connectivity index (χ4v) is 4.87. The van der Waals surface area contributed by atoms with Crippen molar-refractivity contribution in [3.8, 4) is 11.5 Å². The van der Waals surface area contributed by atoms with Crippen molar-refractivity contribution in [3.05, 3.63) is 77.9 Å². The fourth-order valence-electron chi connectivity index (χ4n) is 3.20. The van der Waals surface area contributed by atoms with E-state index in [1.165, 1.54) is 20.3 Å². The SMILES string of the molecule is COc1ccc(N(CC(=O)Nc2ccccc2C)S(=O)(=O)c2cc(C)ccc2OC)cc1. The van der Waals surface area contributed by atoms with E-state index in [1.54, 1.807) is 55.5 Å². The number of hydrogen-bond acceptors (Lipinski definition) is 5. The monoisotopic (exact) mass is 454 g/mol. The van der Waals surface area contributed by atoms with Gasteiger partial charge in [0.25, 0.3) is 10.0 Å². The Labute approximate surface area is 188 Å². The average Bonchev–Trinajstić information content (AvgIpc) is 2.79. The van der Waals surface area contributed by atoms with Gasteiger partial charge in [-0.25, -0.2) is 8.42 Å². The summed E-state index contributed by atoms with van der Waals surface area (Å²) in [4.78, 5) is 12.9. The lowest BCUT2D eigenvalue weighted by atomic mass is 10.2. The minimum atomic E-state index is -4.13. The lowest BCUT2D eigenvalue weighted by molar-refractivity contribution is -0.114. The number of rotatable bonds is 8. The molecule has 1 N–H and O–H groups in total. The van der Waals surface area contributed by atoms with Crippen molar-refractivity contribution in [2.75, 3.05) is 30.4 Å². The van der Waals surface area contributed by atoms with Gasteiger partial charge in [-0.05, 0) is 67.4 Å². The largest absolute Gasteiger partial charge is 0.497 e. The van der Waals surface area contributed by atoms with Gasteiger partial charge in [0.15, 0.2) is 0 Å². The van der Waals surface area contributed by atoms with E-state index in [-0.39, 0.29) is 10.6 Å². The highest BCUT2D eigenvalue weighted by Gasteiger charge is 2.30. The summed E-state index contributed by atoms with van der Waals surface area (Å²) in [6.07, 6.45) is 0. The van der Waals surface area contributed by atoms with E-state index in [0.29, 0.717) is 17.1 Å². The molecule has 0 fully saturated rings. The Bertz CT molecular complexity index is 1210. The highest BCUT2D eigenvalue weighted by Crippen LogP contribution is 2.31. The number of methoxy groups -OCH3 is 2. The molecule has 0 bridgehead atoms. The zero-order valence-electron chi connectivity index (χ0n) is 18.5. The Morgan fingerprint density at radius 2 is 1.62 bits per heavy atom. The standard InChI is InChI=1S/C24H26N2O5S/c1-17-9-14-22(31-4)23(15-17)32(28,29)26(19-10-12-20(30-3)13-11-19)16-24(27)25-21-8-6-5-7-18(21)2/h5-15H,16H2,1-4H3,(H,25,27). The quantitative estimate of drug-likeness (QED) is 0.553. The predicted octanol–water partition coefficient (Wildman–Crippen LogP) is 4.15. The van der Waals surface area contributed by atoms with Crippen molar-refractivity contribution >= 4 is 27.3 Å². The zero-order valence-corrected chi connectivity index (χ0v) is 19.3. The van der Waals surface area contributed by atoms with E-state index < -0.39 is 22.5 Å². The van der Waals surface area contributed by atoms with Gasteiger partial charge in [-0.1, -0.05) is 24.3 Å². The first kappa shape index (κ1) is 23.1. The number of carbonyl (C=O) groups excluding carboxylic acids is 1. The second kappa shape index (κ2) is 9.74. The Hall–Kier alpha value is -3.52. The molecule has 0 saturated carbocycles. The van der Waals surface area contributed by atoms with E-state index in [2.05, 4.69) is 5.32 Å². The lowest BCUT2D eigenvalue weighted by Gasteiger charge is -2.25. The molecular weight excluding hydrogens is 428 g/mol. The smallest absolute Gasteiger partial charge is 0.268 e. The predicted molar refractivity (Wildman–Crippen MR) is 125 cm³/mol. The first-order chi connectivity index (χ1) is 15.3. The molecule has 3 aromatic carbocycles. The Morgan fingerprint density at radius 1 is 0.938 bits per heavy atom. The van der Waals surface area contributed by atoms with Crippen LogP contribution in [0.5, 0.6) is 11.5 Å². The van der Waals surface area contributed by atoms with Gasteiger partial charge in [-0.3, -0.25) is 9.10 Å². The third-order valence-electron chi connectivity index (χ3n) is 4.95. The fraction of sp³-hybridized carbons (Fsp3) is 0.208. The summed E-state index contributed by atoms with van der Waals surface area (Å²) in [5, 5.41) is 2.80. The van der Waals surface area contributed by atoms with Crippen LogP contribution in [0.15, 0.2) is 71.6 Å². The van der Waals surface area contributed by atoms with Gasteiger partial charge < -0.3 is 14.8 Å². The Balaban J connectivity index is 2.03. The maximum absolute atomic E-state index is 13.7. The topological polar surface area (TPSA) is 84.9 Å². The van der Waals surface area contributed by atoms with E-state index in [9.17, 15) is 13.2 Å². The molecule has 0 unspecified atom stereocenters. The second-order valence-electron chi connectivity index (χ2n) is 7.23. The minimum absolute atomic E-state index is 0.0143. The van der Waals surface area contributed by atoms with Crippen molar-refractivity contribution in [2.24, 2.45) is 0 Å². The molecule has 0 heterocycles. The molecule has 3 aromatic rings.